The van der Waals surface area contributed by atoms with Gasteiger partial charge in [0, 0.05) is 6.07 Å². The summed E-state index contributed by atoms with van der Waals surface area (Å²) in [4.78, 5) is 10.9. The van der Waals surface area contributed by atoms with E-state index < -0.39 is 17.8 Å². The second kappa shape index (κ2) is 5.91. The Hall–Kier alpha value is -0.780. The fourth-order valence-corrected chi connectivity index (χ4v) is 1.55. The molecule has 1 rings (SSSR count). The summed E-state index contributed by atoms with van der Waals surface area (Å²) in [6, 6.07) is 2.11. The summed E-state index contributed by atoms with van der Waals surface area (Å²) in [6.45, 7) is 1.19. The number of esters is 1. The predicted octanol–water partition coefficient (Wildman–Crippen LogP) is 4.18. The summed E-state index contributed by atoms with van der Waals surface area (Å²) in [5.41, 5.74) is 0. The van der Waals surface area contributed by atoms with Gasteiger partial charge in [0.05, 0.1) is 21.7 Å². The maximum atomic E-state index is 13.3. The molecule has 100 valence electrons. The molecule has 1 aromatic rings. The average molecular weight is 320 g/mol. The molecule has 0 radical (unpaired) electrons. The van der Waals surface area contributed by atoms with Crippen molar-refractivity contribution in [2.75, 3.05) is 6.61 Å². The quantitative estimate of drug-likeness (QED) is 0.617. The molecule has 0 atom stereocenters. The molecule has 3 nitrogen and oxygen atoms in total. The normalized spacial score (nSPS) is 11.2. The molecule has 0 saturated heterocycles. The van der Waals surface area contributed by atoms with E-state index in [-0.39, 0.29) is 21.7 Å². The van der Waals surface area contributed by atoms with E-state index in [1.807, 2.05) is 0 Å². The Morgan fingerprint density at radius 1 is 1.22 bits per heavy atom. The van der Waals surface area contributed by atoms with Gasteiger partial charge in [-0.3, -0.25) is 0 Å². The number of carbonyl (C=O) groups is 1. The molecule has 18 heavy (non-hydrogen) atoms. The third-order valence-corrected chi connectivity index (χ3v) is 2.74. The van der Waals surface area contributed by atoms with Crippen LogP contribution in [0.4, 0.5) is 8.78 Å². The zero-order chi connectivity index (χ0) is 13.9. The largest absolute Gasteiger partial charge is 0.502 e. The Morgan fingerprint density at radius 3 is 2.33 bits per heavy atom. The summed E-state index contributed by atoms with van der Waals surface area (Å²) in [5, 5.41) is -0.155. The SMILES string of the molecule is CCOC(=O)C(F)(F)Oc1cc(Cl)c(Cl)cc1Cl. The van der Waals surface area contributed by atoms with E-state index in [1.165, 1.54) is 6.92 Å². The first-order valence-electron chi connectivity index (χ1n) is 4.66. The molecular weight excluding hydrogens is 312 g/mol. The lowest BCUT2D eigenvalue weighted by Gasteiger charge is -2.17. The Kier molecular flexibility index (Phi) is 5.01. The Labute approximate surface area is 117 Å². The molecule has 0 bridgehead atoms. The van der Waals surface area contributed by atoms with E-state index in [0.29, 0.717) is 0 Å². The van der Waals surface area contributed by atoms with Crippen LogP contribution in [0.1, 0.15) is 6.92 Å². The first-order valence-corrected chi connectivity index (χ1v) is 5.80. The van der Waals surface area contributed by atoms with Gasteiger partial charge in [-0.25, -0.2) is 4.79 Å². The molecule has 0 fully saturated rings. The highest BCUT2D eigenvalue weighted by atomic mass is 35.5. The standard InChI is InChI=1S/C10H7Cl3F2O3/c1-2-17-9(16)10(14,15)18-8-4-6(12)5(11)3-7(8)13/h3-4H,2H2,1H3. The van der Waals surface area contributed by atoms with Crippen LogP contribution in [0.5, 0.6) is 5.75 Å². The number of carbonyl (C=O) groups excluding carboxylic acids is 1. The van der Waals surface area contributed by atoms with Gasteiger partial charge in [0.1, 0.15) is 5.75 Å². The van der Waals surface area contributed by atoms with Crippen LogP contribution in [0.25, 0.3) is 0 Å². The van der Waals surface area contributed by atoms with Gasteiger partial charge in [0.2, 0.25) is 0 Å². The smallest absolute Gasteiger partial charge is 0.459 e. The second-order valence-corrected chi connectivity index (χ2v) is 4.26. The van der Waals surface area contributed by atoms with Crippen molar-refractivity contribution in [3.05, 3.63) is 27.2 Å². The number of ether oxygens (including phenoxy) is 2. The molecule has 1 aromatic carbocycles. The van der Waals surface area contributed by atoms with Gasteiger partial charge in [-0.1, -0.05) is 34.8 Å². The van der Waals surface area contributed by atoms with Crippen LogP contribution in [0, 0.1) is 0 Å². The van der Waals surface area contributed by atoms with Crippen molar-refractivity contribution in [1.82, 2.24) is 0 Å². The number of alkyl halides is 2. The van der Waals surface area contributed by atoms with Crippen molar-refractivity contribution in [1.29, 1.82) is 0 Å². The lowest BCUT2D eigenvalue weighted by Crippen LogP contribution is -2.37. The predicted molar refractivity (Wildman–Crippen MR) is 63.7 cm³/mol. The molecule has 0 amide bonds. The third kappa shape index (κ3) is 3.60. The number of benzene rings is 1. The summed E-state index contributed by atoms with van der Waals surface area (Å²) < 4.78 is 34.9. The number of hydrogen-bond donors (Lipinski definition) is 0. The minimum atomic E-state index is -4.16. The summed E-state index contributed by atoms with van der Waals surface area (Å²) in [7, 11) is 0. The van der Waals surface area contributed by atoms with Gasteiger partial charge in [0.15, 0.2) is 0 Å². The Morgan fingerprint density at radius 2 is 1.78 bits per heavy atom. The summed E-state index contributed by atoms with van der Waals surface area (Å²) in [6.07, 6.45) is -4.16. The van der Waals surface area contributed by atoms with E-state index >= 15 is 0 Å². The molecular formula is C10H7Cl3F2O3. The third-order valence-electron chi connectivity index (χ3n) is 1.73. The van der Waals surface area contributed by atoms with Gasteiger partial charge < -0.3 is 9.47 Å². The first-order chi connectivity index (χ1) is 8.27. The van der Waals surface area contributed by atoms with Crippen LogP contribution in [0.3, 0.4) is 0 Å². The van der Waals surface area contributed by atoms with Gasteiger partial charge in [0.25, 0.3) is 0 Å². The van der Waals surface area contributed by atoms with Crippen molar-refractivity contribution in [3.8, 4) is 5.75 Å². The molecule has 0 aromatic heterocycles. The Bertz CT molecular complexity index is 466. The highest BCUT2D eigenvalue weighted by Gasteiger charge is 2.44. The number of rotatable bonds is 4. The highest BCUT2D eigenvalue weighted by molar-refractivity contribution is 6.43. The fraction of sp³-hybridized carbons (Fsp3) is 0.300. The number of hydrogen-bond acceptors (Lipinski definition) is 3. The van der Waals surface area contributed by atoms with E-state index in [9.17, 15) is 13.6 Å². The zero-order valence-corrected chi connectivity index (χ0v) is 11.2. The van der Waals surface area contributed by atoms with Gasteiger partial charge in [-0.05, 0) is 13.0 Å². The molecule has 8 heteroatoms. The van der Waals surface area contributed by atoms with Crippen LogP contribution >= 0.6 is 34.8 Å². The topological polar surface area (TPSA) is 35.5 Å². The molecule has 0 saturated carbocycles. The average Bonchev–Trinajstić information content (AvgIpc) is 2.26. The van der Waals surface area contributed by atoms with Gasteiger partial charge >= 0.3 is 12.1 Å². The van der Waals surface area contributed by atoms with Crippen molar-refractivity contribution < 1.29 is 23.0 Å². The van der Waals surface area contributed by atoms with Crippen LogP contribution in [0.15, 0.2) is 12.1 Å². The van der Waals surface area contributed by atoms with Gasteiger partial charge in [-0.15, -0.1) is 0 Å². The lowest BCUT2D eigenvalue weighted by atomic mass is 10.3. The fourth-order valence-electron chi connectivity index (χ4n) is 0.977. The van der Waals surface area contributed by atoms with Crippen molar-refractivity contribution in [3.63, 3.8) is 0 Å². The maximum Gasteiger partial charge on any atom is 0.502 e. The molecule has 0 N–H and O–H groups in total. The van der Waals surface area contributed by atoms with Crippen LogP contribution in [-0.4, -0.2) is 18.7 Å². The molecule has 0 aliphatic rings. The zero-order valence-electron chi connectivity index (χ0n) is 8.98. The van der Waals surface area contributed by atoms with Crippen molar-refractivity contribution >= 4 is 40.8 Å². The van der Waals surface area contributed by atoms with E-state index in [1.54, 1.807) is 0 Å². The minimum absolute atomic E-state index is 0.0317. The number of halogens is 5. The lowest BCUT2D eigenvalue weighted by molar-refractivity contribution is -0.216. The van der Waals surface area contributed by atoms with Crippen molar-refractivity contribution in [2.45, 2.75) is 13.0 Å². The van der Waals surface area contributed by atoms with Crippen LogP contribution in [-0.2, 0) is 9.53 Å². The highest BCUT2D eigenvalue weighted by Crippen LogP contribution is 2.36. The molecule has 0 heterocycles. The Balaban J connectivity index is 2.97. The molecule has 0 aliphatic heterocycles. The summed E-state index contributed by atoms with van der Waals surface area (Å²) in [5.74, 6) is -2.28. The van der Waals surface area contributed by atoms with Crippen LogP contribution in [0.2, 0.25) is 15.1 Å². The van der Waals surface area contributed by atoms with E-state index in [2.05, 4.69) is 9.47 Å². The monoisotopic (exact) mass is 318 g/mol. The summed E-state index contributed by atoms with van der Waals surface area (Å²) >= 11 is 16.9. The van der Waals surface area contributed by atoms with E-state index in [4.69, 9.17) is 34.8 Å². The van der Waals surface area contributed by atoms with Crippen molar-refractivity contribution in [2.24, 2.45) is 0 Å². The van der Waals surface area contributed by atoms with Gasteiger partial charge in [-0.2, -0.15) is 8.78 Å². The maximum absolute atomic E-state index is 13.3. The second-order valence-electron chi connectivity index (χ2n) is 3.04. The molecule has 0 spiro atoms. The minimum Gasteiger partial charge on any atom is -0.459 e. The molecule has 0 aliphatic carbocycles. The van der Waals surface area contributed by atoms with Crippen LogP contribution < -0.4 is 4.74 Å². The van der Waals surface area contributed by atoms with E-state index in [0.717, 1.165) is 12.1 Å². The molecule has 0 unspecified atom stereocenters. The first kappa shape index (κ1) is 15.3.